The van der Waals surface area contributed by atoms with Crippen LogP contribution in [0.3, 0.4) is 0 Å². The summed E-state index contributed by atoms with van der Waals surface area (Å²) in [6.07, 6.45) is 0. The maximum absolute atomic E-state index is 12.3. The molecule has 4 nitrogen and oxygen atoms in total. The number of rotatable bonds is 10. The Morgan fingerprint density at radius 1 is 1.19 bits per heavy atom. The maximum atomic E-state index is 12.3. The van der Waals surface area contributed by atoms with Crippen LogP contribution in [0.5, 0.6) is 11.5 Å². The van der Waals surface area contributed by atoms with Gasteiger partial charge in [-0.2, -0.15) is 8.78 Å². The number of nitrogens with one attached hydrogen (secondary N) is 1. The first-order valence-electron chi connectivity index (χ1n) is 7.15. The van der Waals surface area contributed by atoms with Crippen LogP contribution in [0.1, 0.15) is 19.4 Å². The highest BCUT2D eigenvalue weighted by atomic mass is 19.3. The van der Waals surface area contributed by atoms with E-state index in [1.807, 2.05) is 6.07 Å². The molecule has 0 aromatic heterocycles. The lowest BCUT2D eigenvalue weighted by Gasteiger charge is -2.18. The fourth-order valence-corrected chi connectivity index (χ4v) is 2.03. The average molecular weight is 302 g/mol. The second kappa shape index (κ2) is 9.52. The zero-order valence-corrected chi connectivity index (χ0v) is 12.9. The van der Waals surface area contributed by atoms with Crippen LogP contribution in [0.15, 0.2) is 18.2 Å². The number of methoxy groups -OCH3 is 1. The van der Waals surface area contributed by atoms with Gasteiger partial charge < -0.3 is 19.7 Å². The number of halogens is 2. The molecule has 0 heterocycles. The molecule has 1 aromatic carbocycles. The highest BCUT2D eigenvalue weighted by Gasteiger charge is 2.11. The van der Waals surface area contributed by atoms with Gasteiger partial charge in [0.05, 0.1) is 7.11 Å². The molecular formula is C15H24F2N2O2. The molecule has 0 unspecified atom stereocenters. The number of alkyl halides is 2. The summed E-state index contributed by atoms with van der Waals surface area (Å²) >= 11 is 0. The molecule has 0 aliphatic carbocycles. The van der Waals surface area contributed by atoms with E-state index in [9.17, 15) is 8.78 Å². The topological polar surface area (TPSA) is 33.7 Å². The zero-order chi connectivity index (χ0) is 15.7. The number of hydrogen-bond donors (Lipinski definition) is 1. The number of likely N-dealkylation sites (N-methyl/N-ethyl adjacent to an activating group) is 1. The molecule has 0 aliphatic heterocycles. The molecule has 0 saturated heterocycles. The van der Waals surface area contributed by atoms with Crippen molar-refractivity contribution < 1.29 is 18.3 Å². The summed E-state index contributed by atoms with van der Waals surface area (Å²) < 4.78 is 34.1. The van der Waals surface area contributed by atoms with E-state index in [-0.39, 0.29) is 5.75 Å². The van der Waals surface area contributed by atoms with Gasteiger partial charge >= 0.3 is 6.61 Å². The third-order valence-corrected chi connectivity index (χ3v) is 3.27. The summed E-state index contributed by atoms with van der Waals surface area (Å²) in [5, 5.41) is 3.29. The van der Waals surface area contributed by atoms with Crippen LogP contribution in [-0.4, -0.2) is 44.8 Å². The van der Waals surface area contributed by atoms with Gasteiger partial charge in [0, 0.05) is 19.6 Å². The first-order valence-corrected chi connectivity index (χ1v) is 7.15. The third-order valence-electron chi connectivity index (χ3n) is 3.27. The molecular weight excluding hydrogens is 278 g/mol. The molecule has 0 aliphatic rings. The Hall–Kier alpha value is -1.40. The lowest BCUT2D eigenvalue weighted by molar-refractivity contribution is -0.0512. The van der Waals surface area contributed by atoms with Gasteiger partial charge in [-0.25, -0.2) is 0 Å². The fraction of sp³-hybridized carbons (Fsp3) is 0.600. The Kier molecular flexibility index (Phi) is 8.00. The van der Waals surface area contributed by atoms with Crippen molar-refractivity contribution >= 4 is 0 Å². The molecule has 0 amide bonds. The van der Waals surface area contributed by atoms with Crippen LogP contribution in [0.2, 0.25) is 0 Å². The molecule has 0 fully saturated rings. The van der Waals surface area contributed by atoms with Gasteiger partial charge in [-0.3, -0.25) is 0 Å². The van der Waals surface area contributed by atoms with Crippen molar-refractivity contribution in [1.82, 2.24) is 10.2 Å². The van der Waals surface area contributed by atoms with E-state index >= 15 is 0 Å². The number of nitrogens with zero attached hydrogens (tertiary/aromatic N) is 1. The molecule has 0 atom stereocenters. The van der Waals surface area contributed by atoms with Crippen LogP contribution < -0.4 is 14.8 Å². The van der Waals surface area contributed by atoms with E-state index in [1.165, 1.54) is 7.11 Å². The molecule has 1 N–H and O–H groups in total. The van der Waals surface area contributed by atoms with Crippen molar-refractivity contribution in [1.29, 1.82) is 0 Å². The highest BCUT2D eigenvalue weighted by molar-refractivity contribution is 5.42. The summed E-state index contributed by atoms with van der Waals surface area (Å²) in [4.78, 5) is 2.31. The van der Waals surface area contributed by atoms with E-state index < -0.39 is 6.61 Å². The predicted molar refractivity (Wildman–Crippen MR) is 79.1 cm³/mol. The largest absolute Gasteiger partial charge is 0.493 e. The van der Waals surface area contributed by atoms with Gasteiger partial charge in [0.1, 0.15) is 0 Å². The highest BCUT2D eigenvalue weighted by Crippen LogP contribution is 2.29. The van der Waals surface area contributed by atoms with Gasteiger partial charge in [0.2, 0.25) is 0 Å². The summed E-state index contributed by atoms with van der Waals surface area (Å²) in [5.74, 6) is 0.373. The Balaban J connectivity index is 2.51. The lowest BCUT2D eigenvalue weighted by Crippen LogP contribution is -2.31. The first kappa shape index (κ1) is 17.7. The number of benzene rings is 1. The van der Waals surface area contributed by atoms with E-state index in [1.54, 1.807) is 12.1 Å². The summed E-state index contributed by atoms with van der Waals surface area (Å²) in [6, 6.07) is 5.05. The molecule has 120 valence electrons. The van der Waals surface area contributed by atoms with E-state index in [4.69, 9.17) is 4.74 Å². The molecule has 0 bridgehead atoms. The van der Waals surface area contributed by atoms with Crippen LogP contribution >= 0.6 is 0 Å². The molecule has 0 radical (unpaired) electrons. The Labute approximate surface area is 125 Å². The fourth-order valence-electron chi connectivity index (χ4n) is 2.03. The van der Waals surface area contributed by atoms with Gasteiger partial charge in [0.25, 0.3) is 0 Å². The predicted octanol–water partition coefficient (Wildman–Crippen LogP) is 2.73. The molecule has 1 aromatic rings. The first-order chi connectivity index (χ1) is 10.1. The normalized spacial score (nSPS) is 11.2. The van der Waals surface area contributed by atoms with Crippen molar-refractivity contribution in [3.05, 3.63) is 23.8 Å². The van der Waals surface area contributed by atoms with Crippen LogP contribution in [-0.2, 0) is 6.54 Å². The Morgan fingerprint density at radius 2 is 1.90 bits per heavy atom. The Bertz CT molecular complexity index is 413. The van der Waals surface area contributed by atoms with Gasteiger partial charge in [-0.05, 0) is 30.8 Å². The van der Waals surface area contributed by atoms with Crippen molar-refractivity contribution in [3.8, 4) is 11.5 Å². The lowest BCUT2D eigenvalue weighted by atomic mass is 10.2. The smallest absolute Gasteiger partial charge is 0.387 e. The van der Waals surface area contributed by atoms with Gasteiger partial charge in [-0.1, -0.05) is 19.9 Å². The second-order valence-corrected chi connectivity index (χ2v) is 4.57. The van der Waals surface area contributed by atoms with Crippen LogP contribution in [0.4, 0.5) is 8.78 Å². The SMILES string of the molecule is CCN(CC)CCNCc1ccc(OC)c(OC(F)F)c1. The summed E-state index contributed by atoms with van der Waals surface area (Å²) in [5.41, 5.74) is 0.881. The summed E-state index contributed by atoms with van der Waals surface area (Å²) in [6.45, 7) is 5.85. The molecule has 1 rings (SSSR count). The summed E-state index contributed by atoms with van der Waals surface area (Å²) in [7, 11) is 1.43. The van der Waals surface area contributed by atoms with Crippen molar-refractivity contribution in [2.24, 2.45) is 0 Å². The minimum absolute atomic E-state index is 0.0653. The molecule has 0 saturated carbocycles. The van der Waals surface area contributed by atoms with Gasteiger partial charge in [-0.15, -0.1) is 0 Å². The molecule has 6 heteroatoms. The monoisotopic (exact) mass is 302 g/mol. The third kappa shape index (κ3) is 6.27. The molecule has 0 spiro atoms. The van der Waals surface area contributed by atoms with Crippen molar-refractivity contribution in [2.45, 2.75) is 27.0 Å². The average Bonchev–Trinajstić information content (AvgIpc) is 2.47. The minimum atomic E-state index is -2.86. The molecule has 21 heavy (non-hydrogen) atoms. The zero-order valence-electron chi connectivity index (χ0n) is 12.9. The van der Waals surface area contributed by atoms with Gasteiger partial charge in [0.15, 0.2) is 11.5 Å². The van der Waals surface area contributed by atoms with Crippen LogP contribution in [0, 0.1) is 0 Å². The second-order valence-electron chi connectivity index (χ2n) is 4.57. The maximum Gasteiger partial charge on any atom is 0.387 e. The standard InChI is InChI=1S/C15H24F2N2O2/c1-4-19(5-2)9-8-18-11-12-6-7-13(20-3)14(10-12)21-15(16)17/h6-7,10,15,18H,4-5,8-9,11H2,1-3H3. The van der Waals surface area contributed by atoms with E-state index in [0.29, 0.717) is 12.3 Å². The van der Waals surface area contributed by atoms with E-state index in [2.05, 4.69) is 28.8 Å². The number of hydrogen-bond acceptors (Lipinski definition) is 4. The number of ether oxygens (including phenoxy) is 2. The van der Waals surface area contributed by atoms with Crippen molar-refractivity contribution in [3.63, 3.8) is 0 Å². The van der Waals surface area contributed by atoms with Crippen LogP contribution in [0.25, 0.3) is 0 Å². The quantitative estimate of drug-likeness (QED) is 0.674. The van der Waals surface area contributed by atoms with E-state index in [0.717, 1.165) is 31.7 Å². The van der Waals surface area contributed by atoms with Crippen molar-refractivity contribution in [2.75, 3.05) is 33.3 Å². The Morgan fingerprint density at radius 3 is 2.48 bits per heavy atom. The minimum Gasteiger partial charge on any atom is -0.493 e.